The van der Waals surface area contributed by atoms with Crippen LogP contribution in [0.2, 0.25) is 0 Å². The van der Waals surface area contributed by atoms with Crippen molar-refractivity contribution in [3.8, 4) is 0 Å². The van der Waals surface area contributed by atoms with E-state index in [-0.39, 0.29) is 17.2 Å². The van der Waals surface area contributed by atoms with Crippen LogP contribution in [0.15, 0.2) is 18.2 Å². The molecule has 17 heavy (non-hydrogen) atoms. The van der Waals surface area contributed by atoms with Crippen LogP contribution in [-0.4, -0.2) is 24.9 Å². The van der Waals surface area contributed by atoms with Crippen molar-refractivity contribution in [2.75, 3.05) is 12.8 Å². The number of rotatable bonds is 3. The lowest BCUT2D eigenvalue weighted by molar-refractivity contribution is -0.122. The fraction of sp³-hybridized carbons (Fsp3) is 0.273. The largest absolute Gasteiger partial charge is 0.399 e. The Labute approximate surface area is 98.2 Å². The number of nitrogens with two attached hydrogens (primary N) is 1. The average molecular weight is 239 g/mol. The van der Waals surface area contributed by atoms with Crippen LogP contribution in [0.3, 0.4) is 0 Å². The van der Waals surface area contributed by atoms with Crippen LogP contribution in [-0.2, 0) is 4.79 Å². The van der Waals surface area contributed by atoms with Crippen molar-refractivity contribution in [1.82, 2.24) is 10.6 Å². The highest BCUT2D eigenvalue weighted by atomic mass is 19.1. The van der Waals surface area contributed by atoms with Gasteiger partial charge in [0.1, 0.15) is 11.9 Å². The summed E-state index contributed by atoms with van der Waals surface area (Å²) in [5.74, 6) is -1.71. The number of nitrogens with one attached hydrogen (secondary N) is 2. The van der Waals surface area contributed by atoms with Crippen LogP contribution < -0.4 is 16.4 Å². The highest BCUT2D eigenvalue weighted by molar-refractivity contribution is 5.98. The lowest BCUT2D eigenvalue weighted by atomic mass is 10.1. The molecule has 0 bridgehead atoms. The summed E-state index contributed by atoms with van der Waals surface area (Å²) in [6.45, 7) is 1.50. The predicted molar refractivity (Wildman–Crippen MR) is 61.8 cm³/mol. The Bertz CT molecular complexity index is 448. The van der Waals surface area contributed by atoms with Crippen molar-refractivity contribution in [3.05, 3.63) is 29.6 Å². The van der Waals surface area contributed by atoms with E-state index in [2.05, 4.69) is 10.6 Å². The molecule has 0 fully saturated rings. The standard InChI is InChI=1S/C11H14FN3O2/c1-6(10(16)14-2)15-11(17)8-5-7(13)3-4-9(8)12/h3-6H,13H2,1-2H3,(H,14,16)(H,15,17). The van der Waals surface area contributed by atoms with E-state index in [4.69, 9.17) is 5.73 Å². The van der Waals surface area contributed by atoms with Gasteiger partial charge in [-0.15, -0.1) is 0 Å². The summed E-state index contributed by atoms with van der Waals surface area (Å²) in [6.07, 6.45) is 0. The molecule has 1 rings (SSSR count). The van der Waals surface area contributed by atoms with Crippen LogP contribution in [0.5, 0.6) is 0 Å². The molecule has 2 amide bonds. The number of hydrogen-bond acceptors (Lipinski definition) is 3. The summed E-state index contributed by atoms with van der Waals surface area (Å²) in [5, 5.41) is 4.74. The fourth-order valence-electron chi connectivity index (χ4n) is 1.27. The minimum atomic E-state index is -0.742. The Balaban J connectivity index is 2.83. The lowest BCUT2D eigenvalue weighted by Gasteiger charge is -2.12. The molecule has 0 saturated carbocycles. The SMILES string of the molecule is CNC(=O)C(C)NC(=O)c1cc(N)ccc1F. The molecule has 1 aromatic rings. The van der Waals surface area contributed by atoms with Gasteiger partial charge in [0.25, 0.3) is 5.91 Å². The van der Waals surface area contributed by atoms with E-state index in [9.17, 15) is 14.0 Å². The molecule has 92 valence electrons. The molecule has 0 spiro atoms. The summed E-state index contributed by atoms with van der Waals surface area (Å²) in [5.41, 5.74) is 5.56. The number of amides is 2. The van der Waals surface area contributed by atoms with Gasteiger partial charge in [0.2, 0.25) is 5.91 Å². The number of halogens is 1. The third-order valence-electron chi connectivity index (χ3n) is 2.22. The second kappa shape index (κ2) is 5.29. The maximum Gasteiger partial charge on any atom is 0.254 e. The third-order valence-corrected chi connectivity index (χ3v) is 2.22. The number of hydrogen-bond donors (Lipinski definition) is 3. The molecule has 0 aliphatic carbocycles. The first kappa shape index (κ1) is 13.0. The number of nitrogen functional groups attached to an aromatic ring is 1. The Morgan fingerprint density at radius 3 is 2.65 bits per heavy atom. The zero-order valence-corrected chi connectivity index (χ0v) is 9.58. The quantitative estimate of drug-likeness (QED) is 0.662. The number of carbonyl (C=O) groups is 2. The molecular weight excluding hydrogens is 225 g/mol. The summed E-state index contributed by atoms with van der Waals surface area (Å²) in [6, 6.07) is 2.94. The Hall–Kier alpha value is -2.11. The first-order valence-corrected chi connectivity index (χ1v) is 5.03. The van der Waals surface area contributed by atoms with E-state index >= 15 is 0 Å². The summed E-state index contributed by atoms with van der Waals surface area (Å²) < 4.78 is 13.3. The molecular formula is C11H14FN3O2. The second-order valence-electron chi connectivity index (χ2n) is 3.55. The molecule has 0 saturated heterocycles. The number of likely N-dealkylation sites (N-methyl/N-ethyl adjacent to an activating group) is 1. The molecule has 0 heterocycles. The summed E-state index contributed by atoms with van der Waals surface area (Å²) in [7, 11) is 1.45. The second-order valence-corrected chi connectivity index (χ2v) is 3.55. The Morgan fingerprint density at radius 2 is 2.06 bits per heavy atom. The van der Waals surface area contributed by atoms with Crippen molar-refractivity contribution >= 4 is 17.5 Å². The zero-order chi connectivity index (χ0) is 13.0. The molecule has 0 radical (unpaired) electrons. The van der Waals surface area contributed by atoms with Gasteiger partial charge in [-0.2, -0.15) is 0 Å². The van der Waals surface area contributed by atoms with Gasteiger partial charge in [0.05, 0.1) is 5.56 Å². The van der Waals surface area contributed by atoms with Crippen LogP contribution in [0.1, 0.15) is 17.3 Å². The minimum Gasteiger partial charge on any atom is -0.399 e. The maximum atomic E-state index is 13.3. The molecule has 0 aliphatic heterocycles. The smallest absolute Gasteiger partial charge is 0.254 e. The van der Waals surface area contributed by atoms with Gasteiger partial charge in [0, 0.05) is 12.7 Å². The Kier molecular flexibility index (Phi) is 4.03. The highest BCUT2D eigenvalue weighted by Crippen LogP contribution is 2.11. The van der Waals surface area contributed by atoms with Gasteiger partial charge in [-0.05, 0) is 25.1 Å². The molecule has 0 aliphatic rings. The zero-order valence-electron chi connectivity index (χ0n) is 9.58. The van der Waals surface area contributed by atoms with Gasteiger partial charge in [-0.3, -0.25) is 9.59 Å². The van der Waals surface area contributed by atoms with Gasteiger partial charge in [-0.1, -0.05) is 0 Å². The van der Waals surface area contributed by atoms with Crippen molar-refractivity contribution < 1.29 is 14.0 Å². The van der Waals surface area contributed by atoms with Crippen molar-refractivity contribution in [3.63, 3.8) is 0 Å². The molecule has 5 nitrogen and oxygen atoms in total. The van der Waals surface area contributed by atoms with Crippen LogP contribution in [0.25, 0.3) is 0 Å². The van der Waals surface area contributed by atoms with E-state index in [0.29, 0.717) is 0 Å². The lowest BCUT2D eigenvalue weighted by Crippen LogP contribution is -2.43. The first-order valence-electron chi connectivity index (χ1n) is 5.03. The highest BCUT2D eigenvalue weighted by Gasteiger charge is 2.17. The monoisotopic (exact) mass is 239 g/mol. The van der Waals surface area contributed by atoms with Gasteiger partial charge >= 0.3 is 0 Å². The molecule has 1 aromatic carbocycles. The van der Waals surface area contributed by atoms with Crippen molar-refractivity contribution in [2.45, 2.75) is 13.0 Å². The third kappa shape index (κ3) is 3.17. The average Bonchev–Trinajstić information content (AvgIpc) is 2.30. The number of benzene rings is 1. The summed E-state index contributed by atoms with van der Waals surface area (Å²) in [4.78, 5) is 22.8. The van der Waals surface area contributed by atoms with Crippen molar-refractivity contribution in [2.24, 2.45) is 0 Å². The van der Waals surface area contributed by atoms with Gasteiger partial charge in [-0.25, -0.2) is 4.39 Å². The first-order chi connectivity index (χ1) is 7.95. The minimum absolute atomic E-state index is 0.180. The van der Waals surface area contributed by atoms with Gasteiger partial charge < -0.3 is 16.4 Å². The number of anilines is 1. The molecule has 6 heteroatoms. The van der Waals surface area contributed by atoms with E-state index in [1.807, 2.05) is 0 Å². The van der Waals surface area contributed by atoms with E-state index in [0.717, 1.165) is 6.07 Å². The van der Waals surface area contributed by atoms with E-state index < -0.39 is 17.8 Å². The van der Waals surface area contributed by atoms with Crippen LogP contribution in [0.4, 0.5) is 10.1 Å². The number of carbonyl (C=O) groups excluding carboxylic acids is 2. The topological polar surface area (TPSA) is 84.2 Å². The van der Waals surface area contributed by atoms with Gasteiger partial charge in [0.15, 0.2) is 0 Å². The van der Waals surface area contributed by atoms with Crippen molar-refractivity contribution in [1.29, 1.82) is 0 Å². The van der Waals surface area contributed by atoms with Crippen LogP contribution in [0, 0.1) is 5.82 Å². The van der Waals surface area contributed by atoms with Crippen LogP contribution >= 0.6 is 0 Å². The predicted octanol–water partition coefficient (Wildman–Crippen LogP) is 0.272. The fourth-order valence-corrected chi connectivity index (χ4v) is 1.27. The molecule has 1 atom stereocenters. The molecule has 4 N–H and O–H groups in total. The molecule has 1 unspecified atom stereocenters. The summed E-state index contributed by atoms with van der Waals surface area (Å²) >= 11 is 0. The van der Waals surface area contributed by atoms with E-state index in [1.54, 1.807) is 0 Å². The maximum absolute atomic E-state index is 13.3. The Morgan fingerprint density at radius 1 is 1.41 bits per heavy atom. The van der Waals surface area contributed by atoms with E-state index in [1.165, 1.54) is 26.1 Å². The normalized spacial score (nSPS) is 11.7. The molecule has 0 aromatic heterocycles.